The molecule has 1 aliphatic rings. The fraction of sp³-hybridized carbons (Fsp3) is 0.600. The van der Waals surface area contributed by atoms with E-state index < -0.39 is 11.9 Å². The van der Waals surface area contributed by atoms with Crippen LogP contribution in [0.25, 0.3) is 0 Å². The number of carboxylic acids is 1. The van der Waals surface area contributed by atoms with E-state index in [9.17, 15) is 14.7 Å². The molecule has 4 nitrogen and oxygen atoms in total. The van der Waals surface area contributed by atoms with Gasteiger partial charge in [-0.25, -0.2) is 0 Å². The van der Waals surface area contributed by atoms with E-state index in [0.717, 1.165) is 11.3 Å². The number of hydrogen-bond acceptors (Lipinski definition) is 3. The Labute approximate surface area is 123 Å². The highest BCUT2D eigenvalue weighted by Gasteiger charge is 2.40. The van der Waals surface area contributed by atoms with Crippen LogP contribution in [0.3, 0.4) is 0 Å². The van der Waals surface area contributed by atoms with Crippen LogP contribution in [-0.4, -0.2) is 27.9 Å². The van der Waals surface area contributed by atoms with E-state index in [1.165, 1.54) is 0 Å². The average molecular weight is 295 g/mol. The van der Waals surface area contributed by atoms with Gasteiger partial charge in [0.05, 0.1) is 18.4 Å². The number of carboxylic acid groups (broad SMARTS) is 1. The van der Waals surface area contributed by atoms with Gasteiger partial charge in [0.2, 0.25) is 5.91 Å². The molecule has 2 atom stereocenters. The SMILES string of the molecule is CC(C)N(Cc1cccs1)C(=O)[C@@H]1CCC[C@@H]1C(=O)O. The zero-order valence-corrected chi connectivity index (χ0v) is 12.7. The minimum Gasteiger partial charge on any atom is -0.481 e. The lowest BCUT2D eigenvalue weighted by Crippen LogP contribution is -2.42. The maximum absolute atomic E-state index is 12.7. The van der Waals surface area contributed by atoms with Crippen LogP contribution >= 0.6 is 11.3 Å². The quantitative estimate of drug-likeness (QED) is 0.908. The Kier molecular flexibility index (Phi) is 4.81. The average Bonchev–Trinajstić information content (AvgIpc) is 3.05. The summed E-state index contributed by atoms with van der Waals surface area (Å²) in [4.78, 5) is 26.9. The summed E-state index contributed by atoms with van der Waals surface area (Å²) >= 11 is 1.63. The van der Waals surface area contributed by atoms with Crippen molar-refractivity contribution < 1.29 is 14.7 Å². The van der Waals surface area contributed by atoms with Crippen LogP contribution in [0.2, 0.25) is 0 Å². The molecule has 1 saturated carbocycles. The summed E-state index contributed by atoms with van der Waals surface area (Å²) < 4.78 is 0. The van der Waals surface area contributed by atoms with E-state index in [4.69, 9.17) is 0 Å². The van der Waals surface area contributed by atoms with Crippen molar-refractivity contribution in [1.82, 2.24) is 4.90 Å². The Morgan fingerprint density at radius 1 is 1.40 bits per heavy atom. The molecule has 1 aromatic heterocycles. The van der Waals surface area contributed by atoms with Crippen molar-refractivity contribution in [2.75, 3.05) is 0 Å². The molecule has 0 aromatic carbocycles. The molecule has 1 fully saturated rings. The van der Waals surface area contributed by atoms with Gasteiger partial charge in [0.15, 0.2) is 0 Å². The minimum atomic E-state index is -0.833. The summed E-state index contributed by atoms with van der Waals surface area (Å²) in [5.74, 6) is -1.69. The van der Waals surface area contributed by atoms with E-state index in [-0.39, 0.29) is 17.9 Å². The molecule has 1 N–H and O–H groups in total. The molecule has 0 bridgehead atoms. The van der Waals surface area contributed by atoms with Gasteiger partial charge in [-0.3, -0.25) is 9.59 Å². The number of carbonyl (C=O) groups excluding carboxylic acids is 1. The van der Waals surface area contributed by atoms with Crippen molar-refractivity contribution in [1.29, 1.82) is 0 Å². The van der Waals surface area contributed by atoms with E-state index >= 15 is 0 Å². The molecule has 20 heavy (non-hydrogen) atoms. The number of rotatable bonds is 5. The molecule has 1 amide bonds. The van der Waals surface area contributed by atoms with Gasteiger partial charge in [0.25, 0.3) is 0 Å². The molecule has 0 radical (unpaired) electrons. The van der Waals surface area contributed by atoms with Crippen LogP contribution in [0, 0.1) is 11.8 Å². The van der Waals surface area contributed by atoms with Gasteiger partial charge < -0.3 is 10.0 Å². The first-order chi connectivity index (χ1) is 9.50. The first kappa shape index (κ1) is 15.0. The van der Waals surface area contributed by atoms with Gasteiger partial charge >= 0.3 is 5.97 Å². The molecule has 0 unspecified atom stereocenters. The van der Waals surface area contributed by atoms with Crippen LogP contribution in [0.4, 0.5) is 0 Å². The minimum absolute atomic E-state index is 0.00157. The third-order valence-corrected chi connectivity index (χ3v) is 4.82. The van der Waals surface area contributed by atoms with Gasteiger partial charge in [-0.05, 0) is 38.1 Å². The first-order valence-electron chi connectivity index (χ1n) is 7.06. The molecule has 0 spiro atoms. The third kappa shape index (κ3) is 3.20. The zero-order chi connectivity index (χ0) is 14.7. The van der Waals surface area contributed by atoms with Crippen LogP contribution < -0.4 is 0 Å². The Morgan fingerprint density at radius 2 is 2.10 bits per heavy atom. The Bertz CT molecular complexity index is 469. The fourth-order valence-corrected chi connectivity index (χ4v) is 3.55. The summed E-state index contributed by atoms with van der Waals surface area (Å²) in [6, 6.07) is 4.06. The van der Waals surface area contributed by atoms with E-state index in [2.05, 4.69) is 0 Å². The molecule has 1 aromatic rings. The predicted octanol–water partition coefficient (Wildman–Crippen LogP) is 2.99. The first-order valence-corrected chi connectivity index (χ1v) is 7.94. The number of aliphatic carboxylic acids is 1. The zero-order valence-electron chi connectivity index (χ0n) is 11.9. The van der Waals surface area contributed by atoms with Gasteiger partial charge in [-0.1, -0.05) is 12.5 Å². The largest absolute Gasteiger partial charge is 0.481 e. The standard InChI is InChI=1S/C15H21NO3S/c1-10(2)16(9-11-5-4-8-20-11)14(17)12-6-3-7-13(12)15(18)19/h4-5,8,10,12-13H,3,6-7,9H2,1-2H3,(H,18,19)/t12-,13+/m1/s1. The van der Waals surface area contributed by atoms with Gasteiger partial charge in [-0.15, -0.1) is 11.3 Å². The third-order valence-electron chi connectivity index (χ3n) is 3.96. The van der Waals surface area contributed by atoms with Crippen molar-refractivity contribution in [3.05, 3.63) is 22.4 Å². The molecule has 110 valence electrons. The highest BCUT2D eigenvalue weighted by Crippen LogP contribution is 2.34. The maximum Gasteiger partial charge on any atom is 0.307 e. The topological polar surface area (TPSA) is 57.6 Å². The Morgan fingerprint density at radius 3 is 2.65 bits per heavy atom. The number of nitrogens with zero attached hydrogens (tertiary/aromatic N) is 1. The summed E-state index contributed by atoms with van der Waals surface area (Å²) in [5, 5.41) is 11.2. The second-order valence-electron chi connectivity index (χ2n) is 5.62. The molecular formula is C15H21NO3S. The van der Waals surface area contributed by atoms with Crippen LogP contribution in [0.5, 0.6) is 0 Å². The fourth-order valence-electron chi connectivity index (χ4n) is 2.85. The molecular weight excluding hydrogens is 274 g/mol. The summed E-state index contributed by atoms with van der Waals surface area (Å²) in [5.41, 5.74) is 0. The maximum atomic E-state index is 12.7. The van der Waals surface area contributed by atoms with Gasteiger partial charge in [-0.2, -0.15) is 0 Å². The lowest BCUT2D eigenvalue weighted by molar-refractivity contribution is -0.150. The lowest BCUT2D eigenvalue weighted by Gasteiger charge is -2.30. The number of amides is 1. The van der Waals surface area contributed by atoms with Crippen molar-refractivity contribution in [2.24, 2.45) is 11.8 Å². The molecule has 2 rings (SSSR count). The lowest BCUT2D eigenvalue weighted by atomic mass is 9.94. The normalized spacial score (nSPS) is 22.1. The molecule has 0 saturated heterocycles. The molecule has 0 aliphatic heterocycles. The molecule has 1 heterocycles. The summed E-state index contributed by atoms with van der Waals surface area (Å²) in [6.07, 6.45) is 2.15. The predicted molar refractivity (Wildman–Crippen MR) is 78.5 cm³/mol. The number of thiophene rings is 1. The van der Waals surface area contributed by atoms with Crippen LogP contribution in [-0.2, 0) is 16.1 Å². The van der Waals surface area contributed by atoms with Crippen molar-refractivity contribution in [3.8, 4) is 0 Å². The Balaban J connectivity index is 2.12. The van der Waals surface area contributed by atoms with Crippen molar-refractivity contribution in [2.45, 2.75) is 45.7 Å². The Hall–Kier alpha value is -1.36. The van der Waals surface area contributed by atoms with Crippen LogP contribution in [0.1, 0.15) is 38.0 Å². The molecule has 5 heteroatoms. The second-order valence-corrected chi connectivity index (χ2v) is 6.65. The van der Waals surface area contributed by atoms with E-state index in [1.807, 2.05) is 36.3 Å². The monoisotopic (exact) mass is 295 g/mol. The van der Waals surface area contributed by atoms with Gasteiger partial charge in [0, 0.05) is 10.9 Å². The van der Waals surface area contributed by atoms with Crippen molar-refractivity contribution in [3.63, 3.8) is 0 Å². The number of hydrogen-bond donors (Lipinski definition) is 1. The van der Waals surface area contributed by atoms with Gasteiger partial charge in [0.1, 0.15) is 0 Å². The smallest absolute Gasteiger partial charge is 0.307 e. The second kappa shape index (κ2) is 6.39. The summed E-state index contributed by atoms with van der Waals surface area (Å²) in [7, 11) is 0. The van der Waals surface area contributed by atoms with E-state index in [1.54, 1.807) is 11.3 Å². The van der Waals surface area contributed by atoms with Crippen LogP contribution in [0.15, 0.2) is 17.5 Å². The highest BCUT2D eigenvalue weighted by atomic mass is 32.1. The highest BCUT2D eigenvalue weighted by molar-refractivity contribution is 7.09. The summed E-state index contributed by atoms with van der Waals surface area (Å²) in [6.45, 7) is 4.55. The van der Waals surface area contributed by atoms with E-state index in [0.29, 0.717) is 19.4 Å². The number of carbonyl (C=O) groups is 2. The van der Waals surface area contributed by atoms with Crippen molar-refractivity contribution >= 4 is 23.2 Å². The molecule has 1 aliphatic carbocycles.